The molecule has 0 saturated carbocycles. The molecule has 3 rings (SSSR count). The molecule has 0 radical (unpaired) electrons. The summed E-state index contributed by atoms with van der Waals surface area (Å²) in [4.78, 5) is 2.66. The molecule has 0 aliphatic carbocycles. The molecule has 1 atom stereocenters. The van der Waals surface area contributed by atoms with E-state index in [0.717, 1.165) is 29.8 Å². The number of benzene rings is 2. The van der Waals surface area contributed by atoms with Crippen LogP contribution in [0.15, 0.2) is 41.3 Å². The van der Waals surface area contributed by atoms with E-state index in [9.17, 15) is 8.42 Å². The summed E-state index contributed by atoms with van der Waals surface area (Å²) in [6, 6.07) is 11.4. The highest BCUT2D eigenvalue weighted by molar-refractivity contribution is 7.89. The molecule has 2 aromatic rings. The van der Waals surface area contributed by atoms with Gasteiger partial charge in [-0.1, -0.05) is 26.0 Å². The van der Waals surface area contributed by atoms with Crippen molar-refractivity contribution in [2.45, 2.75) is 44.6 Å². The fourth-order valence-electron chi connectivity index (χ4n) is 3.92. The van der Waals surface area contributed by atoms with Crippen LogP contribution in [-0.2, 0) is 16.6 Å². The van der Waals surface area contributed by atoms with Gasteiger partial charge in [-0.3, -0.25) is 4.90 Å². The van der Waals surface area contributed by atoms with Crippen molar-refractivity contribution in [2.24, 2.45) is 0 Å². The molecule has 1 saturated heterocycles. The average Bonchev–Trinajstić information content (AvgIpc) is 2.80. The first-order chi connectivity index (χ1) is 14.8. The summed E-state index contributed by atoms with van der Waals surface area (Å²) < 4.78 is 38.6. The molecule has 1 aliphatic rings. The van der Waals surface area contributed by atoms with Crippen LogP contribution in [-0.4, -0.2) is 58.0 Å². The number of hydrogen-bond acceptors (Lipinski definition) is 5. The predicted octanol–water partition coefficient (Wildman–Crippen LogP) is 4.03. The average molecular weight is 447 g/mol. The fourth-order valence-corrected chi connectivity index (χ4v) is 5.34. The van der Waals surface area contributed by atoms with E-state index < -0.39 is 10.0 Å². The van der Waals surface area contributed by atoms with Gasteiger partial charge in [0.15, 0.2) is 11.5 Å². The summed E-state index contributed by atoms with van der Waals surface area (Å²) in [6.45, 7) is 9.46. The molecule has 1 fully saturated rings. The van der Waals surface area contributed by atoms with Crippen molar-refractivity contribution >= 4 is 10.0 Å². The van der Waals surface area contributed by atoms with Crippen LogP contribution in [0.25, 0.3) is 0 Å². The Kier molecular flexibility index (Phi) is 7.62. The highest BCUT2D eigenvalue weighted by atomic mass is 32.2. The molecule has 0 unspecified atom stereocenters. The highest BCUT2D eigenvalue weighted by Gasteiger charge is 2.28. The summed E-state index contributed by atoms with van der Waals surface area (Å²) >= 11 is 0. The molecular formula is C24H34N2O4S. The minimum Gasteiger partial charge on any atom is -0.493 e. The SMILES string of the molecule is CC[C@@H](C)c1ccc(S(=O)(=O)N2CCN(Cc3cc(OC)c(OC)cc3C)CC2)cc1. The third-order valence-electron chi connectivity index (χ3n) is 6.27. The first-order valence-electron chi connectivity index (χ1n) is 10.8. The van der Waals surface area contributed by atoms with E-state index >= 15 is 0 Å². The van der Waals surface area contributed by atoms with Gasteiger partial charge in [-0.25, -0.2) is 8.42 Å². The first-order valence-corrected chi connectivity index (χ1v) is 12.3. The van der Waals surface area contributed by atoms with Crippen molar-refractivity contribution in [3.8, 4) is 11.5 Å². The zero-order chi connectivity index (χ0) is 22.6. The van der Waals surface area contributed by atoms with E-state index in [0.29, 0.717) is 42.7 Å². The van der Waals surface area contributed by atoms with Crippen molar-refractivity contribution in [3.63, 3.8) is 0 Å². The number of methoxy groups -OCH3 is 2. The quantitative estimate of drug-likeness (QED) is 0.613. The smallest absolute Gasteiger partial charge is 0.243 e. The van der Waals surface area contributed by atoms with Crippen LogP contribution in [0.3, 0.4) is 0 Å². The summed E-state index contributed by atoms with van der Waals surface area (Å²) in [5.74, 6) is 1.87. The van der Waals surface area contributed by atoms with Crippen LogP contribution < -0.4 is 9.47 Å². The lowest BCUT2D eigenvalue weighted by atomic mass is 9.99. The maximum absolute atomic E-state index is 13.1. The Bertz CT molecular complexity index is 981. The van der Waals surface area contributed by atoms with Crippen molar-refractivity contribution < 1.29 is 17.9 Å². The Morgan fingerprint density at radius 2 is 1.55 bits per heavy atom. The van der Waals surface area contributed by atoms with Crippen LogP contribution in [0, 0.1) is 6.92 Å². The summed E-state index contributed by atoms with van der Waals surface area (Å²) in [5, 5.41) is 0. The molecule has 31 heavy (non-hydrogen) atoms. The van der Waals surface area contributed by atoms with Gasteiger partial charge >= 0.3 is 0 Å². The van der Waals surface area contributed by atoms with E-state index in [1.807, 2.05) is 24.3 Å². The molecular weight excluding hydrogens is 412 g/mol. The van der Waals surface area contributed by atoms with E-state index in [1.165, 1.54) is 5.56 Å². The number of nitrogens with zero attached hydrogens (tertiary/aromatic N) is 2. The molecule has 0 aromatic heterocycles. The second kappa shape index (κ2) is 10.0. The minimum atomic E-state index is -3.47. The Balaban J connectivity index is 1.65. The maximum atomic E-state index is 13.1. The molecule has 1 aliphatic heterocycles. The van der Waals surface area contributed by atoms with Gasteiger partial charge in [0.1, 0.15) is 0 Å². The van der Waals surface area contributed by atoms with Gasteiger partial charge in [-0.2, -0.15) is 4.31 Å². The molecule has 2 aromatic carbocycles. The van der Waals surface area contributed by atoms with E-state index in [4.69, 9.17) is 9.47 Å². The molecule has 0 N–H and O–H groups in total. The van der Waals surface area contributed by atoms with Gasteiger partial charge in [0, 0.05) is 32.7 Å². The van der Waals surface area contributed by atoms with Crippen molar-refractivity contribution in [3.05, 3.63) is 53.1 Å². The van der Waals surface area contributed by atoms with Gasteiger partial charge in [0.05, 0.1) is 19.1 Å². The number of rotatable bonds is 8. The fraction of sp³-hybridized carbons (Fsp3) is 0.500. The second-order valence-electron chi connectivity index (χ2n) is 8.19. The molecule has 6 nitrogen and oxygen atoms in total. The minimum absolute atomic E-state index is 0.378. The number of piperazine rings is 1. The van der Waals surface area contributed by atoms with Gasteiger partial charge in [-0.05, 0) is 60.2 Å². The standard InChI is InChI=1S/C24H34N2O4S/c1-6-18(2)20-7-9-22(10-8-20)31(27,28)26-13-11-25(12-14-26)17-21-16-24(30-5)23(29-4)15-19(21)3/h7-10,15-16,18H,6,11-14,17H2,1-5H3/t18-/m1/s1. The molecule has 0 bridgehead atoms. The normalized spacial score (nSPS) is 16.8. The third kappa shape index (κ3) is 5.22. The van der Waals surface area contributed by atoms with Crippen LogP contribution in [0.5, 0.6) is 11.5 Å². The summed E-state index contributed by atoms with van der Waals surface area (Å²) in [7, 11) is -0.197. The number of hydrogen-bond donors (Lipinski definition) is 0. The van der Waals surface area contributed by atoms with Crippen molar-refractivity contribution in [1.29, 1.82) is 0 Å². The topological polar surface area (TPSA) is 59.1 Å². The number of ether oxygens (including phenoxy) is 2. The Morgan fingerprint density at radius 3 is 2.10 bits per heavy atom. The summed E-state index contributed by atoms with van der Waals surface area (Å²) in [5.41, 5.74) is 3.47. The van der Waals surface area contributed by atoms with Crippen molar-refractivity contribution in [1.82, 2.24) is 9.21 Å². The molecule has 0 amide bonds. The number of aryl methyl sites for hydroxylation is 1. The monoisotopic (exact) mass is 446 g/mol. The second-order valence-corrected chi connectivity index (χ2v) is 10.1. The Labute approximate surface area is 186 Å². The van der Waals surface area contributed by atoms with E-state index in [-0.39, 0.29) is 0 Å². The highest BCUT2D eigenvalue weighted by Crippen LogP contribution is 2.31. The molecule has 170 valence electrons. The van der Waals surface area contributed by atoms with Gasteiger partial charge < -0.3 is 9.47 Å². The van der Waals surface area contributed by atoms with Crippen LogP contribution in [0.4, 0.5) is 0 Å². The first kappa shape index (κ1) is 23.6. The maximum Gasteiger partial charge on any atom is 0.243 e. The number of sulfonamides is 1. The lowest BCUT2D eigenvalue weighted by Crippen LogP contribution is -2.48. The van der Waals surface area contributed by atoms with E-state index in [1.54, 1.807) is 30.7 Å². The Morgan fingerprint density at radius 1 is 0.968 bits per heavy atom. The summed E-state index contributed by atoms with van der Waals surface area (Å²) in [6.07, 6.45) is 1.04. The zero-order valence-corrected chi connectivity index (χ0v) is 20.0. The molecule has 1 heterocycles. The third-order valence-corrected chi connectivity index (χ3v) is 8.18. The van der Waals surface area contributed by atoms with Gasteiger partial charge in [-0.15, -0.1) is 0 Å². The lowest BCUT2D eigenvalue weighted by Gasteiger charge is -2.34. The van der Waals surface area contributed by atoms with E-state index in [2.05, 4.69) is 25.7 Å². The molecule has 0 spiro atoms. The zero-order valence-electron chi connectivity index (χ0n) is 19.2. The predicted molar refractivity (Wildman–Crippen MR) is 123 cm³/mol. The van der Waals surface area contributed by atoms with Gasteiger partial charge in [0.2, 0.25) is 10.0 Å². The molecule has 7 heteroatoms. The lowest BCUT2D eigenvalue weighted by molar-refractivity contribution is 0.181. The Hall–Kier alpha value is -2.09. The van der Waals surface area contributed by atoms with Crippen molar-refractivity contribution in [2.75, 3.05) is 40.4 Å². The van der Waals surface area contributed by atoms with Crippen LogP contribution in [0.2, 0.25) is 0 Å². The van der Waals surface area contributed by atoms with Crippen LogP contribution in [0.1, 0.15) is 42.9 Å². The van der Waals surface area contributed by atoms with Crippen LogP contribution >= 0.6 is 0 Å². The van der Waals surface area contributed by atoms with Gasteiger partial charge in [0.25, 0.3) is 0 Å². The largest absolute Gasteiger partial charge is 0.493 e.